The zero-order chi connectivity index (χ0) is 13.9. The molecule has 20 heavy (non-hydrogen) atoms. The van der Waals surface area contributed by atoms with Crippen LogP contribution in [0.3, 0.4) is 0 Å². The maximum atomic E-state index is 9.66. The Hall–Kier alpha value is -1.24. The minimum atomic E-state index is -0.432. The number of aromatic nitrogens is 2. The van der Waals surface area contributed by atoms with Crippen molar-refractivity contribution in [3.05, 3.63) is 16.8 Å². The van der Waals surface area contributed by atoms with E-state index in [0.29, 0.717) is 19.6 Å². The molecule has 1 atom stereocenters. The molecule has 3 rings (SSSR count). The lowest BCUT2D eigenvalue weighted by atomic mass is 10.2. The van der Waals surface area contributed by atoms with Crippen molar-refractivity contribution in [1.82, 2.24) is 9.97 Å². The lowest BCUT2D eigenvalue weighted by molar-refractivity contribution is 0.0615. The zero-order valence-electron chi connectivity index (χ0n) is 11.6. The van der Waals surface area contributed by atoms with E-state index < -0.39 is 6.10 Å². The molecule has 0 spiro atoms. The van der Waals surface area contributed by atoms with Gasteiger partial charge in [0, 0.05) is 18.5 Å². The molecule has 0 fully saturated rings. The second-order valence-electron chi connectivity index (χ2n) is 5.08. The van der Waals surface area contributed by atoms with Crippen LogP contribution in [-0.4, -0.2) is 41.4 Å². The number of aliphatic hydroxyl groups excluding tert-OH is 1. The molecule has 0 saturated heterocycles. The Morgan fingerprint density at radius 1 is 1.45 bits per heavy atom. The number of nitrogens with zero attached hydrogens (tertiary/aromatic N) is 2. The molecule has 2 heterocycles. The summed E-state index contributed by atoms with van der Waals surface area (Å²) >= 11 is 1.79. The van der Waals surface area contributed by atoms with Crippen LogP contribution in [0, 0.1) is 0 Å². The average Bonchev–Trinajstić information content (AvgIpc) is 2.99. The van der Waals surface area contributed by atoms with E-state index in [1.54, 1.807) is 24.8 Å². The number of nitrogens with one attached hydrogen (secondary N) is 1. The first-order chi connectivity index (χ1) is 9.79. The number of aryl methyl sites for hydroxylation is 2. The van der Waals surface area contributed by atoms with Gasteiger partial charge >= 0.3 is 0 Å². The number of rotatable bonds is 6. The smallest absolute Gasteiger partial charge is 0.138 e. The fraction of sp³-hybridized carbons (Fsp3) is 0.571. The lowest BCUT2D eigenvalue weighted by Gasteiger charge is -2.11. The van der Waals surface area contributed by atoms with Crippen LogP contribution >= 0.6 is 11.3 Å². The first-order valence-corrected chi connectivity index (χ1v) is 7.77. The highest BCUT2D eigenvalue weighted by atomic mass is 32.1. The van der Waals surface area contributed by atoms with E-state index in [4.69, 9.17) is 4.74 Å². The molecule has 0 radical (unpaired) electrons. The van der Waals surface area contributed by atoms with E-state index >= 15 is 0 Å². The van der Waals surface area contributed by atoms with Crippen LogP contribution in [0.4, 0.5) is 5.82 Å². The Labute approximate surface area is 122 Å². The van der Waals surface area contributed by atoms with Crippen molar-refractivity contribution in [2.24, 2.45) is 0 Å². The topological polar surface area (TPSA) is 67.3 Å². The van der Waals surface area contributed by atoms with Crippen molar-refractivity contribution < 1.29 is 9.84 Å². The molecule has 1 unspecified atom stereocenters. The predicted octanol–water partition coefficient (Wildman–Crippen LogP) is 1.99. The van der Waals surface area contributed by atoms with Gasteiger partial charge in [0.15, 0.2) is 0 Å². The second-order valence-corrected chi connectivity index (χ2v) is 6.17. The van der Waals surface area contributed by atoms with Gasteiger partial charge in [0.05, 0.1) is 18.1 Å². The van der Waals surface area contributed by atoms with Gasteiger partial charge in [-0.3, -0.25) is 0 Å². The van der Waals surface area contributed by atoms with Gasteiger partial charge in [0.2, 0.25) is 0 Å². The molecule has 0 aliphatic heterocycles. The molecule has 0 aromatic carbocycles. The fourth-order valence-corrected chi connectivity index (χ4v) is 3.92. The largest absolute Gasteiger partial charge is 0.391 e. The monoisotopic (exact) mass is 293 g/mol. The van der Waals surface area contributed by atoms with Crippen LogP contribution in [0.15, 0.2) is 6.33 Å². The van der Waals surface area contributed by atoms with Gasteiger partial charge in [-0.2, -0.15) is 0 Å². The number of thiophene rings is 1. The van der Waals surface area contributed by atoms with Crippen LogP contribution < -0.4 is 5.32 Å². The van der Waals surface area contributed by atoms with Crippen molar-refractivity contribution in [3.8, 4) is 0 Å². The normalized spacial score (nSPS) is 15.5. The highest BCUT2D eigenvalue weighted by molar-refractivity contribution is 7.19. The van der Waals surface area contributed by atoms with E-state index in [2.05, 4.69) is 15.3 Å². The maximum Gasteiger partial charge on any atom is 0.138 e. The lowest BCUT2D eigenvalue weighted by Crippen LogP contribution is -2.18. The van der Waals surface area contributed by atoms with Crippen LogP contribution in [0.25, 0.3) is 10.2 Å². The number of hydrogen-bond acceptors (Lipinski definition) is 6. The van der Waals surface area contributed by atoms with Gasteiger partial charge in [0.25, 0.3) is 0 Å². The van der Waals surface area contributed by atoms with E-state index in [9.17, 15) is 5.11 Å². The molecule has 1 aliphatic rings. The molecule has 5 nitrogen and oxygen atoms in total. The standard InChI is InChI=1S/C14H19N3O2S/c1-19-7-9(18)5-6-15-13-12-10-3-2-4-11(10)20-14(12)17-8-16-13/h8-9,18H,2-7H2,1H3,(H,15,16,17). The van der Waals surface area contributed by atoms with Gasteiger partial charge in [-0.25, -0.2) is 9.97 Å². The summed E-state index contributed by atoms with van der Waals surface area (Å²) in [5.41, 5.74) is 1.42. The summed E-state index contributed by atoms with van der Waals surface area (Å²) in [5, 5.41) is 14.2. The Balaban J connectivity index is 1.75. The van der Waals surface area contributed by atoms with Crippen LogP contribution in [0.5, 0.6) is 0 Å². The quantitative estimate of drug-likeness (QED) is 0.852. The van der Waals surface area contributed by atoms with Gasteiger partial charge in [-0.15, -0.1) is 11.3 Å². The SMILES string of the molecule is COCC(O)CCNc1ncnc2sc3c(c12)CCC3. The summed E-state index contributed by atoms with van der Waals surface area (Å²) in [6, 6.07) is 0. The Morgan fingerprint density at radius 3 is 3.20 bits per heavy atom. The molecule has 0 amide bonds. The van der Waals surface area contributed by atoms with Gasteiger partial charge in [0.1, 0.15) is 17.0 Å². The van der Waals surface area contributed by atoms with Crippen molar-refractivity contribution in [1.29, 1.82) is 0 Å². The van der Waals surface area contributed by atoms with E-state index in [1.807, 2.05) is 0 Å². The summed E-state index contributed by atoms with van der Waals surface area (Å²) in [7, 11) is 1.60. The first-order valence-electron chi connectivity index (χ1n) is 6.95. The minimum absolute atomic E-state index is 0.370. The molecule has 6 heteroatoms. The van der Waals surface area contributed by atoms with Crippen LogP contribution in [0.1, 0.15) is 23.3 Å². The van der Waals surface area contributed by atoms with Gasteiger partial charge in [-0.1, -0.05) is 0 Å². The second kappa shape index (κ2) is 6.03. The summed E-state index contributed by atoms with van der Waals surface area (Å²) in [5.74, 6) is 0.902. The third-order valence-corrected chi connectivity index (χ3v) is 4.83. The Kier molecular flexibility index (Phi) is 4.14. The molecule has 2 N–H and O–H groups in total. The van der Waals surface area contributed by atoms with Gasteiger partial charge in [-0.05, 0) is 31.2 Å². The highest BCUT2D eigenvalue weighted by Crippen LogP contribution is 2.38. The van der Waals surface area contributed by atoms with Crippen molar-refractivity contribution in [3.63, 3.8) is 0 Å². The third kappa shape index (κ3) is 2.63. The van der Waals surface area contributed by atoms with E-state index in [1.165, 1.54) is 28.7 Å². The molecule has 0 bridgehead atoms. The zero-order valence-corrected chi connectivity index (χ0v) is 12.4. The Morgan fingerprint density at radius 2 is 2.35 bits per heavy atom. The number of fused-ring (bicyclic) bond motifs is 3. The van der Waals surface area contributed by atoms with E-state index in [0.717, 1.165) is 17.1 Å². The highest BCUT2D eigenvalue weighted by Gasteiger charge is 2.21. The summed E-state index contributed by atoms with van der Waals surface area (Å²) in [6.07, 6.45) is 5.36. The van der Waals surface area contributed by atoms with Gasteiger partial charge < -0.3 is 15.2 Å². The number of ether oxygens (including phenoxy) is 1. The first kappa shape index (κ1) is 13.7. The third-order valence-electron chi connectivity index (χ3n) is 3.63. The number of aliphatic hydroxyl groups is 1. The number of anilines is 1. The van der Waals surface area contributed by atoms with Crippen LogP contribution in [0.2, 0.25) is 0 Å². The molecular formula is C14H19N3O2S. The Bertz CT molecular complexity index is 599. The summed E-state index contributed by atoms with van der Waals surface area (Å²) in [4.78, 5) is 11.3. The van der Waals surface area contributed by atoms with Crippen LogP contribution in [-0.2, 0) is 17.6 Å². The molecule has 108 valence electrons. The number of hydrogen-bond donors (Lipinski definition) is 2. The summed E-state index contributed by atoms with van der Waals surface area (Å²) in [6.45, 7) is 1.05. The molecule has 2 aromatic heterocycles. The molecular weight excluding hydrogens is 274 g/mol. The average molecular weight is 293 g/mol. The fourth-order valence-electron chi connectivity index (χ4n) is 2.70. The minimum Gasteiger partial charge on any atom is -0.391 e. The van der Waals surface area contributed by atoms with E-state index in [-0.39, 0.29) is 0 Å². The maximum absolute atomic E-state index is 9.66. The predicted molar refractivity (Wildman–Crippen MR) is 80.4 cm³/mol. The van der Waals surface area contributed by atoms with Crippen molar-refractivity contribution in [2.45, 2.75) is 31.8 Å². The molecule has 0 saturated carbocycles. The molecule has 1 aliphatic carbocycles. The number of methoxy groups -OCH3 is 1. The molecule has 2 aromatic rings. The summed E-state index contributed by atoms with van der Waals surface area (Å²) < 4.78 is 4.92. The van der Waals surface area contributed by atoms with Crippen molar-refractivity contribution >= 4 is 27.4 Å². The van der Waals surface area contributed by atoms with Crippen molar-refractivity contribution in [2.75, 3.05) is 25.6 Å².